The average Bonchev–Trinajstić information content (AvgIpc) is 2.98. The van der Waals surface area contributed by atoms with Gasteiger partial charge < -0.3 is 15.4 Å². The molecule has 25 heavy (non-hydrogen) atoms. The Labute approximate surface area is 160 Å². The van der Waals surface area contributed by atoms with Crippen LogP contribution in [0.1, 0.15) is 32.1 Å². The third-order valence-electron chi connectivity index (χ3n) is 3.98. The van der Waals surface area contributed by atoms with E-state index in [0.717, 1.165) is 16.9 Å². The van der Waals surface area contributed by atoms with E-state index >= 15 is 0 Å². The maximum absolute atomic E-state index is 12.4. The molecule has 138 valence electrons. The summed E-state index contributed by atoms with van der Waals surface area (Å²) in [5.41, 5.74) is 1.15. The lowest BCUT2D eigenvalue weighted by Crippen LogP contribution is -2.52. The van der Waals surface area contributed by atoms with Gasteiger partial charge in [-0.25, -0.2) is 9.59 Å². The van der Waals surface area contributed by atoms with Crippen molar-refractivity contribution < 1.29 is 14.3 Å². The van der Waals surface area contributed by atoms with Crippen molar-refractivity contribution in [1.82, 2.24) is 15.5 Å². The second-order valence-corrected chi connectivity index (χ2v) is 8.23. The number of nitrogens with zero attached hydrogens (tertiary/aromatic N) is 1. The molecule has 1 aromatic heterocycles. The first-order chi connectivity index (χ1) is 12.0. The van der Waals surface area contributed by atoms with Crippen LogP contribution in [0.25, 0.3) is 0 Å². The molecule has 0 aliphatic carbocycles. The maximum atomic E-state index is 12.4. The van der Waals surface area contributed by atoms with Crippen LogP contribution in [0.15, 0.2) is 27.2 Å². The molecule has 1 atom stereocenters. The Bertz CT molecular complexity index is 659. The zero-order valence-electron chi connectivity index (χ0n) is 14.7. The van der Waals surface area contributed by atoms with E-state index in [-0.39, 0.29) is 18.0 Å². The predicted octanol–water partition coefficient (Wildman–Crippen LogP) is 3.24. The van der Waals surface area contributed by atoms with E-state index in [1.54, 1.807) is 18.3 Å². The highest BCUT2D eigenvalue weighted by molar-refractivity contribution is 9.11. The maximum Gasteiger partial charge on any atom is 0.337 e. The molecule has 2 N–H and O–H groups in total. The van der Waals surface area contributed by atoms with Gasteiger partial charge in [0.2, 0.25) is 0 Å². The smallest absolute Gasteiger partial charge is 0.337 e. The Morgan fingerprint density at radius 2 is 2.08 bits per heavy atom. The highest BCUT2D eigenvalue weighted by Gasteiger charge is 2.32. The predicted molar refractivity (Wildman–Crippen MR) is 102 cm³/mol. The minimum Gasteiger partial charge on any atom is -0.463 e. The van der Waals surface area contributed by atoms with Gasteiger partial charge in [-0.3, -0.25) is 4.90 Å². The normalized spacial score (nSPS) is 17.5. The number of likely N-dealkylation sites (N-methyl/N-ethyl adjacent to an activating group) is 1. The summed E-state index contributed by atoms with van der Waals surface area (Å²) in [6.07, 6.45) is 0.634. The molecule has 2 rings (SSSR count). The van der Waals surface area contributed by atoms with Gasteiger partial charge in [0.05, 0.1) is 22.0 Å². The average molecular weight is 430 g/mol. The van der Waals surface area contributed by atoms with Crippen LogP contribution in [0.4, 0.5) is 4.79 Å². The first kappa shape index (κ1) is 19.9. The second-order valence-electron chi connectivity index (χ2n) is 5.68. The van der Waals surface area contributed by atoms with Gasteiger partial charge in [-0.2, -0.15) is 0 Å². The van der Waals surface area contributed by atoms with E-state index in [4.69, 9.17) is 4.74 Å². The van der Waals surface area contributed by atoms with Crippen LogP contribution >= 0.6 is 27.3 Å². The van der Waals surface area contributed by atoms with Crippen molar-refractivity contribution in [1.29, 1.82) is 0 Å². The Hall–Kier alpha value is -1.38. The summed E-state index contributed by atoms with van der Waals surface area (Å²) in [7, 11) is 0. The summed E-state index contributed by atoms with van der Waals surface area (Å²) < 4.78 is 6.29. The minimum absolute atomic E-state index is 0.273. The lowest BCUT2D eigenvalue weighted by atomic mass is 10.00. The highest BCUT2D eigenvalue weighted by Crippen LogP contribution is 2.24. The van der Waals surface area contributed by atoms with Crippen molar-refractivity contribution in [2.75, 3.05) is 19.7 Å². The summed E-state index contributed by atoms with van der Waals surface area (Å²) >= 11 is 5.16. The molecule has 0 bridgehead atoms. The fourth-order valence-corrected chi connectivity index (χ4v) is 4.27. The lowest BCUT2D eigenvalue weighted by Gasteiger charge is -2.31. The number of urea groups is 1. The van der Waals surface area contributed by atoms with Gasteiger partial charge in [0.1, 0.15) is 0 Å². The molecule has 1 aromatic rings. The van der Waals surface area contributed by atoms with Gasteiger partial charge in [0.25, 0.3) is 0 Å². The van der Waals surface area contributed by atoms with Gasteiger partial charge in [0, 0.05) is 23.7 Å². The Kier molecular flexibility index (Phi) is 7.46. The number of ether oxygens (including phenoxy) is 1. The number of halogens is 1. The number of carbonyl (C=O) groups excluding carboxylic acids is 2. The minimum atomic E-state index is -0.369. The molecule has 0 saturated carbocycles. The van der Waals surface area contributed by atoms with Crippen LogP contribution in [0, 0.1) is 0 Å². The van der Waals surface area contributed by atoms with Crippen molar-refractivity contribution in [2.24, 2.45) is 0 Å². The number of esters is 1. The molecular formula is C17H24BrN3O3S. The first-order valence-corrected chi connectivity index (χ1v) is 10.0. The zero-order chi connectivity index (χ0) is 18.4. The molecule has 6 nitrogen and oxygen atoms in total. The quantitative estimate of drug-likeness (QED) is 0.622. The number of rotatable bonds is 8. The van der Waals surface area contributed by atoms with Crippen molar-refractivity contribution in [2.45, 2.75) is 39.8 Å². The molecule has 1 aliphatic rings. The molecule has 0 aromatic carbocycles. The standard InChI is InChI=1S/C17H24BrN3O3S/c1-4-12-15(16(22)24-6-3)13(20-17(23)19-12)10-21(5-2)9-11-7-8-14(18)25-11/h7-8,12H,4-6,9-10H2,1-3H3,(H2,19,20,23). The van der Waals surface area contributed by atoms with Gasteiger partial charge >= 0.3 is 12.0 Å². The summed E-state index contributed by atoms with van der Waals surface area (Å²) in [6.45, 7) is 8.13. The van der Waals surface area contributed by atoms with E-state index in [9.17, 15) is 9.59 Å². The van der Waals surface area contributed by atoms with E-state index in [0.29, 0.717) is 30.8 Å². The zero-order valence-corrected chi connectivity index (χ0v) is 17.1. The molecule has 0 saturated heterocycles. The van der Waals surface area contributed by atoms with Crippen molar-refractivity contribution in [3.63, 3.8) is 0 Å². The Morgan fingerprint density at radius 3 is 2.64 bits per heavy atom. The van der Waals surface area contributed by atoms with Crippen molar-refractivity contribution in [3.05, 3.63) is 32.1 Å². The largest absolute Gasteiger partial charge is 0.463 e. The van der Waals surface area contributed by atoms with E-state index < -0.39 is 0 Å². The summed E-state index contributed by atoms with van der Waals surface area (Å²) in [5.74, 6) is -0.369. The van der Waals surface area contributed by atoms with Crippen LogP contribution in [0.5, 0.6) is 0 Å². The van der Waals surface area contributed by atoms with Crippen LogP contribution in [0.3, 0.4) is 0 Å². The number of hydrogen-bond acceptors (Lipinski definition) is 5. The topological polar surface area (TPSA) is 70.7 Å². The van der Waals surface area contributed by atoms with Crippen LogP contribution in [-0.2, 0) is 16.1 Å². The number of amides is 2. The van der Waals surface area contributed by atoms with Crippen LogP contribution in [-0.4, -0.2) is 42.6 Å². The molecule has 0 fully saturated rings. The number of nitrogens with one attached hydrogen (secondary N) is 2. The number of carbonyl (C=O) groups is 2. The van der Waals surface area contributed by atoms with Gasteiger partial charge in [-0.15, -0.1) is 11.3 Å². The van der Waals surface area contributed by atoms with Crippen LogP contribution in [0.2, 0.25) is 0 Å². The Balaban J connectivity index is 2.25. The number of hydrogen-bond donors (Lipinski definition) is 2. The molecule has 8 heteroatoms. The number of thiophene rings is 1. The highest BCUT2D eigenvalue weighted by atomic mass is 79.9. The molecule has 1 unspecified atom stereocenters. The molecular weight excluding hydrogens is 406 g/mol. The fraction of sp³-hybridized carbons (Fsp3) is 0.529. The molecule has 0 spiro atoms. The van der Waals surface area contributed by atoms with E-state index in [2.05, 4.69) is 44.5 Å². The van der Waals surface area contributed by atoms with Gasteiger partial charge in [-0.05, 0) is 48.0 Å². The molecule has 0 radical (unpaired) electrons. The van der Waals surface area contributed by atoms with Gasteiger partial charge in [0.15, 0.2) is 0 Å². The van der Waals surface area contributed by atoms with Crippen molar-refractivity contribution >= 4 is 39.3 Å². The monoisotopic (exact) mass is 429 g/mol. The van der Waals surface area contributed by atoms with E-state index in [1.165, 1.54) is 4.88 Å². The summed E-state index contributed by atoms with van der Waals surface area (Å²) in [4.78, 5) is 27.8. The fourth-order valence-electron chi connectivity index (χ4n) is 2.75. The third kappa shape index (κ3) is 5.29. The van der Waals surface area contributed by atoms with E-state index in [1.807, 2.05) is 13.0 Å². The van der Waals surface area contributed by atoms with Gasteiger partial charge in [-0.1, -0.05) is 13.8 Å². The molecule has 2 heterocycles. The third-order valence-corrected chi connectivity index (χ3v) is 5.59. The Morgan fingerprint density at radius 1 is 1.32 bits per heavy atom. The summed E-state index contributed by atoms with van der Waals surface area (Å²) in [5, 5.41) is 5.61. The lowest BCUT2D eigenvalue weighted by molar-refractivity contribution is -0.139. The molecule has 1 aliphatic heterocycles. The second kappa shape index (κ2) is 9.35. The van der Waals surface area contributed by atoms with Crippen LogP contribution < -0.4 is 10.6 Å². The van der Waals surface area contributed by atoms with Crippen molar-refractivity contribution in [3.8, 4) is 0 Å². The SMILES string of the molecule is CCOC(=O)C1=C(CN(CC)Cc2ccc(Br)s2)NC(=O)NC1CC. The molecule has 2 amide bonds. The summed E-state index contributed by atoms with van der Waals surface area (Å²) in [6, 6.07) is 3.51. The first-order valence-electron chi connectivity index (χ1n) is 8.42.